The summed E-state index contributed by atoms with van der Waals surface area (Å²) in [7, 11) is 0. The zero-order valence-electron chi connectivity index (χ0n) is 12.7. The molecule has 0 aromatic rings. The molecule has 1 saturated heterocycles. The molecule has 0 amide bonds. The predicted octanol–water partition coefficient (Wildman–Crippen LogP) is 0.582. The highest BCUT2D eigenvalue weighted by Crippen LogP contribution is 2.14. The fourth-order valence-corrected chi connectivity index (χ4v) is 1.95. The highest BCUT2D eigenvalue weighted by Gasteiger charge is 2.27. The van der Waals surface area contributed by atoms with Crippen LogP contribution < -0.4 is 11.1 Å². The van der Waals surface area contributed by atoms with Crippen molar-refractivity contribution in [1.82, 2.24) is 10.2 Å². The third kappa shape index (κ3) is 10.6. The van der Waals surface area contributed by atoms with Crippen LogP contribution in [0.1, 0.15) is 12.8 Å². The van der Waals surface area contributed by atoms with Gasteiger partial charge in [0.1, 0.15) is 6.61 Å². The fourth-order valence-electron chi connectivity index (χ4n) is 1.95. The van der Waals surface area contributed by atoms with Crippen molar-refractivity contribution in [3.63, 3.8) is 0 Å². The molecule has 0 aromatic carbocycles. The molecule has 1 aliphatic rings. The Morgan fingerprint density at radius 2 is 2.00 bits per heavy atom. The Hall–Kier alpha value is -1.06. The molecule has 130 valence electrons. The van der Waals surface area contributed by atoms with Crippen LogP contribution >= 0.6 is 0 Å². The van der Waals surface area contributed by atoms with Crippen LogP contribution in [-0.2, 0) is 9.47 Å². The van der Waals surface area contributed by atoms with Gasteiger partial charge in [0, 0.05) is 32.8 Å². The largest absolute Gasteiger partial charge is 0.411 e. The number of hydrogen-bond acceptors (Lipinski definition) is 4. The van der Waals surface area contributed by atoms with E-state index in [1.54, 1.807) is 0 Å². The van der Waals surface area contributed by atoms with E-state index in [9.17, 15) is 13.2 Å². The molecular formula is C13H25F3N4O2. The van der Waals surface area contributed by atoms with Crippen LogP contribution in [0.15, 0.2) is 4.99 Å². The monoisotopic (exact) mass is 326 g/mol. The number of hydrogen-bond donors (Lipinski definition) is 2. The summed E-state index contributed by atoms with van der Waals surface area (Å²) < 4.78 is 45.2. The first kappa shape index (κ1) is 19.0. The lowest BCUT2D eigenvalue weighted by Crippen LogP contribution is -2.39. The van der Waals surface area contributed by atoms with Gasteiger partial charge in [0.25, 0.3) is 0 Å². The smallest absolute Gasteiger partial charge is 0.379 e. The minimum atomic E-state index is -4.27. The number of rotatable bonds is 9. The van der Waals surface area contributed by atoms with E-state index in [1.165, 1.54) is 0 Å². The van der Waals surface area contributed by atoms with Crippen molar-refractivity contribution < 1.29 is 22.6 Å². The topological polar surface area (TPSA) is 72.1 Å². The molecule has 1 aliphatic heterocycles. The third-order valence-corrected chi connectivity index (χ3v) is 3.06. The Labute approximate surface area is 128 Å². The molecule has 1 rings (SSSR count). The van der Waals surface area contributed by atoms with E-state index in [0.29, 0.717) is 18.9 Å². The van der Waals surface area contributed by atoms with Gasteiger partial charge in [-0.1, -0.05) is 0 Å². The summed E-state index contributed by atoms with van der Waals surface area (Å²) in [5.74, 6) is 0.317. The molecule has 0 aromatic heterocycles. The van der Waals surface area contributed by atoms with E-state index in [1.807, 2.05) is 0 Å². The molecule has 1 fully saturated rings. The normalized spacial score (nSPS) is 17.7. The molecule has 0 aliphatic carbocycles. The molecule has 9 heteroatoms. The lowest BCUT2D eigenvalue weighted by molar-refractivity contribution is -0.173. The van der Waals surface area contributed by atoms with Crippen molar-refractivity contribution in [3.05, 3.63) is 0 Å². The van der Waals surface area contributed by atoms with E-state index < -0.39 is 12.8 Å². The second-order valence-corrected chi connectivity index (χ2v) is 5.02. The molecule has 0 saturated carbocycles. The predicted molar refractivity (Wildman–Crippen MR) is 77.9 cm³/mol. The van der Waals surface area contributed by atoms with Gasteiger partial charge in [-0.15, -0.1) is 0 Å². The lowest BCUT2D eigenvalue weighted by atomic mass is 10.3. The number of nitrogens with zero attached hydrogens (tertiary/aromatic N) is 2. The highest BCUT2D eigenvalue weighted by molar-refractivity contribution is 5.77. The minimum absolute atomic E-state index is 0.0212. The molecule has 0 unspecified atom stereocenters. The number of aliphatic imine (C=N–C) groups is 1. The lowest BCUT2D eigenvalue weighted by Gasteiger charge is -2.26. The van der Waals surface area contributed by atoms with Gasteiger partial charge in [0.2, 0.25) is 0 Å². The summed E-state index contributed by atoms with van der Waals surface area (Å²) in [6.07, 6.45) is -2.92. The van der Waals surface area contributed by atoms with Crippen LogP contribution in [0.25, 0.3) is 0 Å². The maximum absolute atomic E-state index is 11.8. The SMILES string of the molecule is NC(=NCCCOCC(F)(F)F)NCCCN1CCOCC1. The number of ether oxygens (including phenoxy) is 2. The molecule has 0 atom stereocenters. The van der Waals surface area contributed by atoms with Crippen molar-refractivity contribution in [2.45, 2.75) is 19.0 Å². The van der Waals surface area contributed by atoms with E-state index >= 15 is 0 Å². The molecule has 1 heterocycles. The maximum atomic E-state index is 11.8. The average Bonchev–Trinajstić information content (AvgIpc) is 2.47. The fraction of sp³-hybridized carbons (Fsp3) is 0.923. The number of guanidine groups is 1. The summed E-state index contributed by atoms with van der Waals surface area (Å²) in [6, 6.07) is 0. The van der Waals surface area contributed by atoms with Crippen LogP contribution in [0, 0.1) is 0 Å². The van der Waals surface area contributed by atoms with Gasteiger partial charge in [-0.05, 0) is 19.4 Å². The summed E-state index contributed by atoms with van der Waals surface area (Å²) in [6.45, 7) is 4.34. The van der Waals surface area contributed by atoms with Gasteiger partial charge in [-0.2, -0.15) is 13.2 Å². The van der Waals surface area contributed by atoms with Crippen LogP contribution in [0.3, 0.4) is 0 Å². The van der Waals surface area contributed by atoms with Crippen LogP contribution in [0.2, 0.25) is 0 Å². The standard InChI is InChI=1S/C13H25F3N4O2/c14-13(15,16)11-22-8-2-4-19-12(17)18-3-1-5-20-6-9-21-10-7-20/h1-11H2,(H3,17,18,19). The van der Waals surface area contributed by atoms with Crippen molar-refractivity contribution in [3.8, 4) is 0 Å². The number of halogens is 3. The van der Waals surface area contributed by atoms with Crippen molar-refractivity contribution in [1.29, 1.82) is 0 Å². The van der Waals surface area contributed by atoms with Crippen LogP contribution in [0.4, 0.5) is 13.2 Å². The van der Waals surface area contributed by atoms with Gasteiger partial charge < -0.3 is 20.5 Å². The van der Waals surface area contributed by atoms with Crippen molar-refractivity contribution in [2.75, 3.05) is 59.2 Å². The first-order valence-electron chi connectivity index (χ1n) is 7.46. The Bertz CT molecular complexity index is 321. The Morgan fingerprint density at radius 3 is 2.68 bits per heavy atom. The maximum Gasteiger partial charge on any atom is 0.411 e. The Kier molecular flexibility index (Phi) is 9.17. The van der Waals surface area contributed by atoms with Gasteiger partial charge in [-0.3, -0.25) is 9.89 Å². The number of alkyl halides is 3. The molecule has 0 spiro atoms. The van der Waals surface area contributed by atoms with Crippen molar-refractivity contribution in [2.24, 2.45) is 10.7 Å². The van der Waals surface area contributed by atoms with Crippen LogP contribution in [0.5, 0.6) is 0 Å². The summed E-state index contributed by atoms with van der Waals surface area (Å²) in [5, 5.41) is 2.99. The molecule has 3 N–H and O–H groups in total. The molecule has 22 heavy (non-hydrogen) atoms. The van der Waals surface area contributed by atoms with Gasteiger partial charge in [0.05, 0.1) is 13.2 Å². The van der Waals surface area contributed by atoms with E-state index in [-0.39, 0.29) is 6.61 Å². The van der Waals surface area contributed by atoms with Gasteiger partial charge >= 0.3 is 6.18 Å². The Morgan fingerprint density at radius 1 is 1.27 bits per heavy atom. The quantitative estimate of drug-likeness (QED) is 0.368. The van der Waals surface area contributed by atoms with Crippen LogP contribution in [-0.4, -0.2) is 76.2 Å². The van der Waals surface area contributed by atoms with Gasteiger partial charge in [-0.25, -0.2) is 0 Å². The molecule has 6 nitrogen and oxygen atoms in total. The van der Waals surface area contributed by atoms with E-state index in [0.717, 1.165) is 45.8 Å². The summed E-state index contributed by atoms with van der Waals surface area (Å²) >= 11 is 0. The second kappa shape index (κ2) is 10.6. The Balaban J connectivity index is 1.94. The third-order valence-electron chi connectivity index (χ3n) is 3.06. The molecule has 0 radical (unpaired) electrons. The van der Waals surface area contributed by atoms with E-state index in [4.69, 9.17) is 10.5 Å². The number of morpholine rings is 1. The summed E-state index contributed by atoms with van der Waals surface area (Å²) in [4.78, 5) is 6.36. The van der Waals surface area contributed by atoms with E-state index in [2.05, 4.69) is 19.9 Å². The zero-order chi connectivity index (χ0) is 16.3. The molecule has 0 bridgehead atoms. The highest BCUT2D eigenvalue weighted by atomic mass is 19.4. The molecular weight excluding hydrogens is 301 g/mol. The first-order chi connectivity index (χ1) is 10.5. The van der Waals surface area contributed by atoms with Crippen molar-refractivity contribution >= 4 is 5.96 Å². The number of nitrogens with two attached hydrogens (primary N) is 1. The zero-order valence-corrected chi connectivity index (χ0v) is 12.7. The minimum Gasteiger partial charge on any atom is -0.379 e. The summed E-state index contributed by atoms with van der Waals surface area (Å²) in [5.41, 5.74) is 5.66. The van der Waals surface area contributed by atoms with Gasteiger partial charge in [0.15, 0.2) is 5.96 Å². The first-order valence-corrected chi connectivity index (χ1v) is 7.46. The average molecular weight is 326 g/mol. The second-order valence-electron chi connectivity index (χ2n) is 5.02. The number of nitrogens with one attached hydrogen (secondary N) is 1.